The maximum absolute atomic E-state index is 14.5. The summed E-state index contributed by atoms with van der Waals surface area (Å²) in [5.74, 6) is -1.64. The molecule has 3 aromatic carbocycles. The fourth-order valence-electron chi connectivity index (χ4n) is 6.92. The van der Waals surface area contributed by atoms with E-state index >= 15 is 0 Å². The number of nitrogens with zero attached hydrogens (tertiary/aromatic N) is 5. The summed E-state index contributed by atoms with van der Waals surface area (Å²) in [5.41, 5.74) is 2.33. The molecule has 0 saturated carbocycles. The van der Waals surface area contributed by atoms with Gasteiger partial charge in [-0.2, -0.15) is 14.7 Å². The molecule has 0 spiro atoms. The Bertz CT molecular complexity index is 2370. The van der Waals surface area contributed by atoms with Crippen molar-refractivity contribution in [3.8, 4) is 28.8 Å². The molecule has 0 N–H and O–H groups in total. The standard InChI is InChI=1S/C38H35N5O7S2/c1-50-31-14-10-26(11-15-31)35-33(37(44)43(38(45)34(35)23-39)30-18-21-51(46,47)25-30)22-28-24-42(29-8-4-2-5-9-29)40-36(28)27-12-16-32(17-13-27)52(48,49)41-19-6-3-7-20-41/h2,4-5,8-17,22,24,30H,3,6-7,18-21,25H2,1H3/b33-22-. The summed E-state index contributed by atoms with van der Waals surface area (Å²) in [6, 6.07) is 23.3. The van der Waals surface area contributed by atoms with E-state index in [-0.39, 0.29) is 33.8 Å². The van der Waals surface area contributed by atoms with E-state index in [2.05, 4.69) is 0 Å². The highest BCUT2D eigenvalue weighted by Crippen LogP contribution is 2.39. The molecule has 1 unspecified atom stereocenters. The minimum Gasteiger partial charge on any atom is -0.497 e. The molecule has 266 valence electrons. The van der Waals surface area contributed by atoms with Crippen LogP contribution in [-0.2, 0) is 29.4 Å². The third kappa shape index (κ3) is 6.58. The Morgan fingerprint density at radius 2 is 1.58 bits per heavy atom. The number of piperidine rings is 1. The van der Waals surface area contributed by atoms with Crippen molar-refractivity contribution in [2.24, 2.45) is 0 Å². The van der Waals surface area contributed by atoms with Crippen LogP contribution in [0.5, 0.6) is 5.75 Å². The second kappa shape index (κ2) is 14.0. The first-order valence-corrected chi connectivity index (χ1v) is 20.1. The number of benzene rings is 3. The van der Waals surface area contributed by atoms with Crippen LogP contribution in [0.25, 0.3) is 28.6 Å². The van der Waals surface area contributed by atoms with Gasteiger partial charge in [-0.25, -0.2) is 21.5 Å². The van der Waals surface area contributed by atoms with Gasteiger partial charge in [0.15, 0.2) is 9.84 Å². The van der Waals surface area contributed by atoms with E-state index in [1.165, 1.54) is 11.4 Å². The van der Waals surface area contributed by atoms with Crippen molar-refractivity contribution >= 4 is 43.3 Å². The van der Waals surface area contributed by atoms with Crippen molar-refractivity contribution in [1.82, 2.24) is 19.0 Å². The van der Waals surface area contributed by atoms with E-state index < -0.39 is 43.5 Å². The van der Waals surface area contributed by atoms with E-state index in [0.717, 1.165) is 24.2 Å². The van der Waals surface area contributed by atoms with Gasteiger partial charge in [-0.05, 0) is 67.3 Å². The topological polar surface area (TPSA) is 160 Å². The lowest BCUT2D eigenvalue weighted by atomic mass is 9.86. The molecule has 2 fully saturated rings. The summed E-state index contributed by atoms with van der Waals surface area (Å²) in [6.45, 7) is 0.941. The van der Waals surface area contributed by atoms with Crippen LogP contribution in [-0.4, -0.2) is 85.4 Å². The lowest BCUT2D eigenvalue weighted by Crippen LogP contribution is -2.49. The van der Waals surface area contributed by atoms with Gasteiger partial charge in [0.05, 0.1) is 46.5 Å². The van der Waals surface area contributed by atoms with Gasteiger partial charge in [0.25, 0.3) is 11.8 Å². The Labute approximate surface area is 302 Å². The first-order chi connectivity index (χ1) is 25.0. The third-order valence-corrected chi connectivity index (χ3v) is 13.3. The van der Waals surface area contributed by atoms with Gasteiger partial charge in [-0.15, -0.1) is 0 Å². The molecule has 1 aromatic heterocycles. The fourth-order valence-corrected chi connectivity index (χ4v) is 10.1. The second-order valence-electron chi connectivity index (χ2n) is 12.9. The lowest BCUT2D eigenvalue weighted by molar-refractivity contribution is -0.142. The van der Waals surface area contributed by atoms with Crippen molar-refractivity contribution < 1.29 is 31.2 Å². The summed E-state index contributed by atoms with van der Waals surface area (Å²) in [7, 11) is -5.69. The van der Waals surface area contributed by atoms with Crippen LogP contribution >= 0.6 is 0 Å². The van der Waals surface area contributed by atoms with Gasteiger partial charge in [-0.1, -0.05) is 48.9 Å². The Kier molecular flexibility index (Phi) is 9.43. The van der Waals surface area contributed by atoms with E-state index in [4.69, 9.17) is 9.84 Å². The number of hydrogen-bond acceptors (Lipinski definition) is 9. The van der Waals surface area contributed by atoms with Crippen LogP contribution in [0.1, 0.15) is 36.8 Å². The molecular weight excluding hydrogens is 703 g/mol. The molecule has 2 saturated heterocycles. The van der Waals surface area contributed by atoms with Gasteiger partial charge < -0.3 is 4.74 Å². The van der Waals surface area contributed by atoms with E-state index in [0.29, 0.717) is 46.9 Å². The minimum absolute atomic E-state index is 0.00349. The Morgan fingerprint density at radius 1 is 0.904 bits per heavy atom. The van der Waals surface area contributed by atoms with Crippen molar-refractivity contribution in [2.45, 2.75) is 36.6 Å². The Morgan fingerprint density at radius 3 is 2.19 bits per heavy atom. The number of rotatable bonds is 8. The first kappa shape index (κ1) is 35.1. The number of carbonyl (C=O) groups excluding carboxylic acids is 2. The zero-order valence-electron chi connectivity index (χ0n) is 28.3. The average Bonchev–Trinajstić information content (AvgIpc) is 3.76. The first-order valence-electron chi connectivity index (χ1n) is 16.9. The summed E-state index contributed by atoms with van der Waals surface area (Å²) < 4.78 is 60.2. The number of hydrogen-bond donors (Lipinski definition) is 0. The molecule has 3 aliphatic rings. The number of methoxy groups -OCH3 is 1. The van der Waals surface area contributed by atoms with E-state index in [1.54, 1.807) is 65.5 Å². The molecule has 12 nitrogen and oxygen atoms in total. The maximum atomic E-state index is 14.5. The Balaban J connectivity index is 1.40. The average molecular weight is 738 g/mol. The predicted molar refractivity (Wildman–Crippen MR) is 194 cm³/mol. The highest BCUT2D eigenvalue weighted by atomic mass is 32.2. The number of amides is 2. The number of aromatic nitrogens is 2. The lowest BCUT2D eigenvalue weighted by Gasteiger charge is -2.32. The molecule has 2 amide bonds. The van der Waals surface area contributed by atoms with Gasteiger partial charge >= 0.3 is 0 Å². The molecule has 3 aliphatic heterocycles. The number of imide groups is 1. The molecule has 0 aliphatic carbocycles. The highest BCUT2D eigenvalue weighted by Gasteiger charge is 2.45. The molecule has 52 heavy (non-hydrogen) atoms. The van der Waals surface area contributed by atoms with Gasteiger partial charge in [0, 0.05) is 36.0 Å². The summed E-state index contributed by atoms with van der Waals surface area (Å²) in [6.07, 6.45) is 5.94. The fraction of sp³-hybridized carbons (Fsp3) is 0.263. The highest BCUT2D eigenvalue weighted by molar-refractivity contribution is 7.91. The quantitative estimate of drug-likeness (QED) is 0.186. The van der Waals surface area contributed by atoms with Gasteiger partial charge in [-0.3, -0.25) is 14.5 Å². The van der Waals surface area contributed by atoms with Crippen molar-refractivity contribution in [3.63, 3.8) is 0 Å². The van der Waals surface area contributed by atoms with Crippen molar-refractivity contribution in [1.29, 1.82) is 5.26 Å². The molecule has 7 rings (SSSR count). The second-order valence-corrected chi connectivity index (χ2v) is 17.1. The summed E-state index contributed by atoms with van der Waals surface area (Å²) >= 11 is 0. The van der Waals surface area contributed by atoms with Crippen LogP contribution in [0.4, 0.5) is 0 Å². The summed E-state index contributed by atoms with van der Waals surface area (Å²) in [5, 5.41) is 15.2. The largest absolute Gasteiger partial charge is 0.497 e. The number of sulfone groups is 1. The van der Waals surface area contributed by atoms with E-state index in [9.17, 15) is 31.7 Å². The maximum Gasteiger partial charge on any atom is 0.272 e. The van der Waals surface area contributed by atoms with Gasteiger partial charge in [0.2, 0.25) is 10.0 Å². The molecular formula is C38H35N5O7S2. The SMILES string of the molecule is COc1ccc(C2=C(C#N)C(=O)N(C3CCS(=O)(=O)C3)C(=O)/C2=C\c2cn(-c3ccccc3)nc2-c2ccc(S(=O)(=O)N3CCCCC3)cc2)cc1. The monoisotopic (exact) mass is 737 g/mol. The van der Waals surface area contributed by atoms with E-state index in [1.807, 2.05) is 36.4 Å². The predicted octanol–water partition coefficient (Wildman–Crippen LogP) is 4.64. The zero-order valence-corrected chi connectivity index (χ0v) is 29.9. The van der Waals surface area contributed by atoms with Crippen LogP contribution in [0.15, 0.2) is 101 Å². The number of nitriles is 1. The number of ether oxygens (including phenoxy) is 1. The third-order valence-electron chi connectivity index (χ3n) is 9.61. The molecule has 14 heteroatoms. The number of carbonyl (C=O) groups is 2. The molecule has 0 radical (unpaired) electrons. The Hall–Kier alpha value is -5.36. The van der Waals surface area contributed by atoms with Crippen LogP contribution in [0, 0.1) is 11.3 Å². The minimum atomic E-state index is -3.69. The smallest absolute Gasteiger partial charge is 0.272 e. The van der Waals surface area contributed by atoms with Crippen molar-refractivity contribution in [3.05, 3.63) is 107 Å². The van der Waals surface area contributed by atoms with Crippen LogP contribution in [0.3, 0.4) is 0 Å². The van der Waals surface area contributed by atoms with Crippen molar-refractivity contribution in [2.75, 3.05) is 31.7 Å². The number of para-hydroxylation sites is 1. The van der Waals surface area contributed by atoms with Crippen LogP contribution < -0.4 is 4.74 Å². The molecule has 4 heterocycles. The molecule has 1 atom stereocenters. The normalized spacial score (nSPS) is 20.3. The number of sulfonamides is 1. The molecule has 4 aromatic rings. The van der Waals surface area contributed by atoms with Crippen LogP contribution in [0.2, 0.25) is 0 Å². The summed E-state index contributed by atoms with van der Waals surface area (Å²) in [4.78, 5) is 29.5. The van der Waals surface area contributed by atoms with Gasteiger partial charge in [0.1, 0.15) is 17.4 Å². The zero-order chi connectivity index (χ0) is 36.6. The molecule has 0 bridgehead atoms.